The first-order valence-corrected chi connectivity index (χ1v) is 9.22. The molecule has 0 aliphatic carbocycles. The number of urea groups is 1. The third kappa shape index (κ3) is 5.12. The van der Waals surface area contributed by atoms with E-state index in [0.29, 0.717) is 27.3 Å². The van der Waals surface area contributed by atoms with Crippen LogP contribution in [0, 0.1) is 0 Å². The monoisotopic (exact) mass is 399 g/mol. The summed E-state index contributed by atoms with van der Waals surface area (Å²) < 4.78 is 10.4. The minimum absolute atomic E-state index is 0.361. The molecule has 2 N–H and O–H groups in total. The molecule has 10 heteroatoms. The number of carbonyl (C=O) groups is 1. The molecule has 0 bridgehead atoms. The molecule has 8 nitrogen and oxygen atoms in total. The predicted molar refractivity (Wildman–Crippen MR) is 105 cm³/mol. The van der Waals surface area contributed by atoms with Crippen molar-refractivity contribution < 1.29 is 14.3 Å². The van der Waals surface area contributed by atoms with Gasteiger partial charge in [-0.15, -0.1) is 10.2 Å². The maximum atomic E-state index is 12.2. The first kappa shape index (κ1) is 20.1. The van der Waals surface area contributed by atoms with Crippen LogP contribution in [0.5, 0.6) is 11.5 Å². The Hall–Kier alpha value is -2.26. The fourth-order valence-corrected chi connectivity index (χ4v) is 3.09. The van der Waals surface area contributed by atoms with E-state index >= 15 is 0 Å². The molecule has 26 heavy (non-hydrogen) atoms. The number of unbranched alkanes of at least 4 members (excludes halogenated alkanes) is 1. The zero-order chi connectivity index (χ0) is 19.1. The molecule has 1 aromatic heterocycles. The number of nitrogens with one attached hydrogen (secondary N) is 2. The Morgan fingerprint density at radius 3 is 2.62 bits per heavy atom. The standard InChI is InChI=1S/C16H22ClN5O3S/c1-5-6-7-22(2)16-21-20-15(26-16)19-14(23)18-11-8-10(17)12(24-3)9-13(11)25-4/h8-9H,5-7H2,1-4H3,(H2,18,19,20,23). The zero-order valence-corrected chi connectivity index (χ0v) is 16.7. The van der Waals surface area contributed by atoms with Crippen LogP contribution in [0.1, 0.15) is 19.8 Å². The van der Waals surface area contributed by atoms with Crippen molar-refractivity contribution >= 4 is 44.9 Å². The largest absolute Gasteiger partial charge is 0.495 e. The summed E-state index contributed by atoms with van der Waals surface area (Å²) in [6.07, 6.45) is 2.17. The number of amides is 2. The van der Waals surface area contributed by atoms with Crippen LogP contribution in [0.25, 0.3) is 0 Å². The van der Waals surface area contributed by atoms with Gasteiger partial charge in [0.15, 0.2) is 0 Å². The van der Waals surface area contributed by atoms with E-state index in [-0.39, 0.29) is 0 Å². The highest BCUT2D eigenvalue weighted by molar-refractivity contribution is 7.19. The van der Waals surface area contributed by atoms with Crippen molar-refractivity contribution in [3.63, 3.8) is 0 Å². The molecule has 0 aliphatic heterocycles. The number of aromatic nitrogens is 2. The fraction of sp³-hybridized carbons (Fsp3) is 0.438. The molecule has 0 radical (unpaired) electrons. The predicted octanol–water partition coefficient (Wildman–Crippen LogP) is 4.09. The Kier molecular flexibility index (Phi) is 7.28. The lowest BCUT2D eigenvalue weighted by atomic mass is 10.2. The van der Waals surface area contributed by atoms with Crippen LogP contribution in [0.3, 0.4) is 0 Å². The first-order chi connectivity index (χ1) is 12.5. The number of anilines is 3. The molecule has 1 heterocycles. The maximum absolute atomic E-state index is 12.2. The molecule has 2 aromatic rings. The third-order valence-corrected chi connectivity index (χ3v) is 4.78. The number of halogens is 1. The van der Waals surface area contributed by atoms with E-state index in [9.17, 15) is 4.79 Å². The molecular formula is C16H22ClN5O3S. The molecule has 142 valence electrons. The zero-order valence-electron chi connectivity index (χ0n) is 15.1. The van der Waals surface area contributed by atoms with Gasteiger partial charge in [0.05, 0.1) is 24.9 Å². The summed E-state index contributed by atoms with van der Waals surface area (Å²) in [4.78, 5) is 14.3. The van der Waals surface area contributed by atoms with E-state index in [4.69, 9.17) is 21.1 Å². The number of benzene rings is 1. The molecule has 0 aliphatic rings. The summed E-state index contributed by atoms with van der Waals surface area (Å²) >= 11 is 7.41. The van der Waals surface area contributed by atoms with Gasteiger partial charge in [0.25, 0.3) is 0 Å². The Balaban J connectivity index is 2.03. The van der Waals surface area contributed by atoms with Crippen LogP contribution >= 0.6 is 22.9 Å². The second-order valence-electron chi connectivity index (χ2n) is 5.43. The number of carbonyl (C=O) groups excluding carboxylic acids is 1. The SMILES string of the molecule is CCCCN(C)c1nnc(NC(=O)Nc2cc(Cl)c(OC)cc2OC)s1. The van der Waals surface area contributed by atoms with Gasteiger partial charge in [-0.3, -0.25) is 5.32 Å². The number of hydrogen-bond donors (Lipinski definition) is 2. The van der Waals surface area contributed by atoms with Gasteiger partial charge in [0.2, 0.25) is 10.3 Å². The Morgan fingerprint density at radius 1 is 1.23 bits per heavy atom. The van der Waals surface area contributed by atoms with Crippen LogP contribution in [-0.4, -0.2) is 44.0 Å². The van der Waals surface area contributed by atoms with Crippen LogP contribution in [0.2, 0.25) is 5.02 Å². The van der Waals surface area contributed by atoms with Gasteiger partial charge in [0.1, 0.15) is 11.5 Å². The van der Waals surface area contributed by atoms with Crippen molar-refractivity contribution in [2.45, 2.75) is 19.8 Å². The van der Waals surface area contributed by atoms with Crippen LogP contribution < -0.4 is 25.0 Å². The summed E-state index contributed by atoms with van der Waals surface area (Å²) in [5.41, 5.74) is 0.417. The van der Waals surface area contributed by atoms with E-state index in [1.165, 1.54) is 25.6 Å². The second kappa shape index (κ2) is 9.44. The fourth-order valence-electron chi connectivity index (χ4n) is 2.12. The van der Waals surface area contributed by atoms with Crippen molar-refractivity contribution in [1.82, 2.24) is 10.2 Å². The first-order valence-electron chi connectivity index (χ1n) is 8.02. The highest BCUT2D eigenvalue weighted by Crippen LogP contribution is 2.36. The van der Waals surface area contributed by atoms with E-state index in [0.717, 1.165) is 24.5 Å². The number of hydrogen-bond acceptors (Lipinski definition) is 7. The lowest BCUT2D eigenvalue weighted by molar-refractivity contribution is 0.262. The molecule has 0 saturated heterocycles. The van der Waals surface area contributed by atoms with Crippen molar-refractivity contribution in [1.29, 1.82) is 0 Å². The summed E-state index contributed by atoms with van der Waals surface area (Å²) in [7, 11) is 4.95. The molecule has 1 aromatic carbocycles. The topological polar surface area (TPSA) is 88.6 Å². The van der Waals surface area contributed by atoms with Gasteiger partial charge in [0, 0.05) is 19.7 Å². The highest BCUT2D eigenvalue weighted by Gasteiger charge is 2.15. The number of ether oxygens (including phenoxy) is 2. The number of rotatable bonds is 8. The van der Waals surface area contributed by atoms with Gasteiger partial charge in [-0.1, -0.05) is 36.3 Å². The Morgan fingerprint density at radius 2 is 1.96 bits per heavy atom. The molecule has 0 spiro atoms. The maximum Gasteiger partial charge on any atom is 0.325 e. The average molecular weight is 400 g/mol. The number of nitrogens with zero attached hydrogens (tertiary/aromatic N) is 3. The van der Waals surface area contributed by atoms with Crippen molar-refractivity contribution in [2.75, 3.05) is 43.3 Å². The van der Waals surface area contributed by atoms with Crippen LogP contribution in [0.4, 0.5) is 20.7 Å². The number of methoxy groups -OCH3 is 2. The molecule has 0 unspecified atom stereocenters. The van der Waals surface area contributed by atoms with Crippen molar-refractivity contribution in [3.8, 4) is 11.5 Å². The van der Waals surface area contributed by atoms with E-state index in [2.05, 4.69) is 27.8 Å². The second-order valence-corrected chi connectivity index (χ2v) is 6.79. The molecule has 2 rings (SSSR count). The van der Waals surface area contributed by atoms with E-state index < -0.39 is 6.03 Å². The van der Waals surface area contributed by atoms with Gasteiger partial charge >= 0.3 is 6.03 Å². The normalized spacial score (nSPS) is 10.3. The van der Waals surface area contributed by atoms with Crippen molar-refractivity contribution in [2.24, 2.45) is 0 Å². The molecular weight excluding hydrogens is 378 g/mol. The minimum Gasteiger partial charge on any atom is -0.495 e. The quantitative estimate of drug-likeness (QED) is 0.695. The summed E-state index contributed by atoms with van der Waals surface area (Å²) in [5.74, 6) is 0.886. The highest BCUT2D eigenvalue weighted by atomic mass is 35.5. The Labute approximate surface area is 161 Å². The van der Waals surface area contributed by atoms with Crippen LogP contribution in [-0.2, 0) is 0 Å². The Bertz CT molecular complexity index is 755. The van der Waals surface area contributed by atoms with Crippen molar-refractivity contribution in [3.05, 3.63) is 17.2 Å². The average Bonchev–Trinajstić information content (AvgIpc) is 3.08. The minimum atomic E-state index is -0.469. The molecule has 0 fully saturated rings. The van der Waals surface area contributed by atoms with Gasteiger partial charge < -0.3 is 19.7 Å². The molecule has 0 atom stereocenters. The summed E-state index contributed by atoms with van der Waals surface area (Å²) in [5, 5.41) is 14.9. The smallest absolute Gasteiger partial charge is 0.325 e. The molecule has 2 amide bonds. The summed E-state index contributed by atoms with van der Waals surface area (Å²) in [6.45, 7) is 3.02. The molecule has 0 saturated carbocycles. The van der Waals surface area contributed by atoms with E-state index in [1.54, 1.807) is 12.1 Å². The van der Waals surface area contributed by atoms with Crippen LogP contribution in [0.15, 0.2) is 12.1 Å². The van der Waals surface area contributed by atoms with E-state index in [1.807, 2.05) is 11.9 Å². The lowest BCUT2D eigenvalue weighted by Crippen LogP contribution is -2.19. The van der Waals surface area contributed by atoms with Gasteiger partial charge in [-0.2, -0.15) is 0 Å². The summed E-state index contributed by atoms with van der Waals surface area (Å²) in [6, 6.07) is 2.69. The van der Waals surface area contributed by atoms with Gasteiger partial charge in [-0.05, 0) is 12.5 Å². The lowest BCUT2D eigenvalue weighted by Gasteiger charge is -2.13. The van der Waals surface area contributed by atoms with Gasteiger partial charge in [-0.25, -0.2) is 4.79 Å². The third-order valence-electron chi connectivity index (χ3n) is 3.53.